The molecule has 0 amide bonds. The number of hydrogen-bond donors (Lipinski definition) is 2. The van der Waals surface area contributed by atoms with Crippen molar-refractivity contribution in [1.82, 2.24) is 0 Å². The molecule has 0 saturated heterocycles. The molecule has 0 aliphatic carbocycles. The Hall–Kier alpha value is -1.00. The average Bonchev–Trinajstić information content (AvgIpc) is 2.18. The predicted octanol–water partition coefficient (Wildman–Crippen LogP) is 2.22. The van der Waals surface area contributed by atoms with E-state index in [0.29, 0.717) is 11.1 Å². The molecular weight excluding hydrogens is 212 g/mol. The fourth-order valence-electron chi connectivity index (χ4n) is 1.76. The van der Waals surface area contributed by atoms with Crippen LogP contribution in [0, 0.1) is 6.92 Å². The molecule has 4 heteroatoms. The van der Waals surface area contributed by atoms with E-state index in [0.717, 1.165) is 22.6 Å². The van der Waals surface area contributed by atoms with Gasteiger partial charge in [0.25, 0.3) is 0 Å². The Labute approximate surface area is 92.1 Å². The molecule has 0 radical (unpaired) electrons. The number of carboxylic acid groups (broad SMARTS) is 1. The molecule has 15 heavy (non-hydrogen) atoms. The van der Waals surface area contributed by atoms with Gasteiger partial charge < -0.3 is 10.2 Å². The van der Waals surface area contributed by atoms with E-state index in [4.69, 9.17) is 5.11 Å². The third kappa shape index (κ3) is 1.87. The standard InChI is InChI=1S/C11H12O3S/c1-6-4-8-9(12)2-3-15-10(8)5-7(6)11(13)14/h4-5,9,12H,2-3H2,1H3,(H,13,14). The first kappa shape index (κ1) is 10.5. The second-order valence-corrected chi connectivity index (χ2v) is 4.80. The molecule has 0 spiro atoms. The molecule has 1 aromatic rings. The lowest BCUT2D eigenvalue weighted by Crippen LogP contribution is -2.09. The molecule has 2 N–H and O–H groups in total. The molecule has 3 nitrogen and oxygen atoms in total. The summed E-state index contributed by atoms with van der Waals surface area (Å²) in [7, 11) is 0. The summed E-state index contributed by atoms with van der Waals surface area (Å²) in [5, 5.41) is 18.7. The summed E-state index contributed by atoms with van der Waals surface area (Å²) in [6.07, 6.45) is 0.298. The second-order valence-electron chi connectivity index (χ2n) is 3.66. The summed E-state index contributed by atoms with van der Waals surface area (Å²) < 4.78 is 0. The van der Waals surface area contributed by atoms with Crippen molar-refractivity contribution in [1.29, 1.82) is 0 Å². The van der Waals surface area contributed by atoms with Crippen LogP contribution in [0.3, 0.4) is 0 Å². The van der Waals surface area contributed by atoms with Crippen LogP contribution >= 0.6 is 11.8 Å². The summed E-state index contributed by atoms with van der Waals surface area (Å²) in [6, 6.07) is 3.45. The van der Waals surface area contributed by atoms with Gasteiger partial charge in [0.1, 0.15) is 0 Å². The minimum atomic E-state index is -0.907. The zero-order valence-corrected chi connectivity index (χ0v) is 9.17. The van der Waals surface area contributed by atoms with Crippen LogP contribution in [0.1, 0.15) is 34.0 Å². The van der Waals surface area contributed by atoms with E-state index >= 15 is 0 Å². The van der Waals surface area contributed by atoms with Gasteiger partial charge in [-0.25, -0.2) is 4.79 Å². The van der Waals surface area contributed by atoms with Crippen molar-refractivity contribution in [2.75, 3.05) is 5.75 Å². The fraction of sp³-hybridized carbons (Fsp3) is 0.364. The maximum atomic E-state index is 10.9. The number of fused-ring (bicyclic) bond motifs is 1. The van der Waals surface area contributed by atoms with Crippen molar-refractivity contribution >= 4 is 17.7 Å². The largest absolute Gasteiger partial charge is 0.478 e. The first-order chi connectivity index (χ1) is 7.09. The maximum Gasteiger partial charge on any atom is 0.335 e. The Morgan fingerprint density at radius 2 is 2.27 bits per heavy atom. The summed E-state index contributed by atoms with van der Waals surface area (Å²) in [6.45, 7) is 1.76. The van der Waals surface area contributed by atoms with Gasteiger partial charge in [-0.15, -0.1) is 11.8 Å². The first-order valence-electron chi connectivity index (χ1n) is 4.78. The number of carbonyl (C=O) groups is 1. The molecule has 1 heterocycles. The first-order valence-corrected chi connectivity index (χ1v) is 5.77. The van der Waals surface area contributed by atoms with Gasteiger partial charge in [0.2, 0.25) is 0 Å². The normalized spacial score (nSPS) is 19.7. The molecule has 1 aliphatic heterocycles. The van der Waals surface area contributed by atoms with E-state index < -0.39 is 12.1 Å². The van der Waals surface area contributed by atoms with E-state index in [1.54, 1.807) is 30.8 Å². The van der Waals surface area contributed by atoms with Crippen molar-refractivity contribution in [2.45, 2.75) is 24.3 Å². The van der Waals surface area contributed by atoms with Crippen molar-refractivity contribution in [3.8, 4) is 0 Å². The number of benzene rings is 1. The molecule has 0 aromatic heterocycles. The van der Waals surface area contributed by atoms with E-state index in [1.807, 2.05) is 0 Å². The molecular formula is C11H12O3S. The quantitative estimate of drug-likeness (QED) is 0.768. The number of rotatable bonds is 1. The molecule has 80 valence electrons. The van der Waals surface area contributed by atoms with Gasteiger partial charge in [0.05, 0.1) is 11.7 Å². The van der Waals surface area contributed by atoms with Crippen molar-refractivity contribution in [3.05, 3.63) is 28.8 Å². The van der Waals surface area contributed by atoms with Crippen LogP contribution in [0.15, 0.2) is 17.0 Å². The van der Waals surface area contributed by atoms with Crippen LogP contribution in [0.4, 0.5) is 0 Å². The number of aliphatic hydroxyl groups is 1. The topological polar surface area (TPSA) is 57.5 Å². The van der Waals surface area contributed by atoms with Crippen LogP contribution in [-0.2, 0) is 0 Å². The summed E-state index contributed by atoms with van der Waals surface area (Å²) in [4.78, 5) is 11.8. The molecule has 1 unspecified atom stereocenters. The van der Waals surface area contributed by atoms with Gasteiger partial charge in [-0.2, -0.15) is 0 Å². The summed E-state index contributed by atoms with van der Waals surface area (Å²) in [5.41, 5.74) is 1.91. The molecule has 0 fully saturated rings. The van der Waals surface area contributed by atoms with E-state index in [9.17, 15) is 9.90 Å². The number of hydrogen-bond acceptors (Lipinski definition) is 3. The van der Waals surface area contributed by atoms with Gasteiger partial charge in [-0.3, -0.25) is 0 Å². The van der Waals surface area contributed by atoms with Crippen LogP contribution in [-0.4, -0.2) is 21.9 Å². The summed E-state index contributed by atoms with van der Waals surface area (Å²) >= 11 is 1.61. The SMILES string of the molecule is Cc1cc2c(cc1C(=O)O)SCCC2O. The van der Waals surface area contributed by atoms with Crippen LogP contribution in [0.2, 0.25) is 0 Å². The number of aromatic carboxylic acids is 1. The molecule has 0 bridgehead atoms. The molecule has 0 saturated carbocycles. The average molecular weight is 224 g/mol. The molecule has 1 aromatic carbocycles. The Morgan fingerprint density at radius 1 is 1.53 bits per heavy atom. The predicted molar refractivity (Wildman–Crippen MR) is 58.4 cm³/mol. The maximum absolute atomic E-state index is 10.9. The van der Waals surface area contributed by atoms with Crippen molar-refractivity contribution in [3.63, 3.8) is 0 Å². The third-order valence-electron chi connectivity index (χ3n) is 2.60. The third-order valence-corrected chi connectivity index (χ3v) is 3.70. The number of thioether (sulfide) groups is 1. The lowest BCUT2D eigenvalue weighted by atomic mass is 10.00. The Morgan fingerprint density at radius 3 is 2.93 bits per heavy atom. The van der Waals surface area contributed by atoms with Crippen molar-refractivity contribution < 1.29 is 15.0 Å². The minimum absolute atomic E-state index is 0.329. The monoisotopic (exact) mass is 224 g/mol. The lowest BCUT2D eigenvalue weighted by Gasteiger charge is -2.21. The zero-order valence-electron chi connectivity index (χ0n) is 8.36. The van der Waals surface area contributed by atoms with E-state index in [2.05, 4.69) is 0 Å². The van der Waals surface area contributed by atoms with E-state index in [1.165, 1.54) is 0 Å². The molecule has 1 atom stereocenters. The van der Waals surface area contributed by atoms with Crippen LogP contribution in [0.5, 0.6) is 0 Å². The van der Waals surface area contributed by atoms with Crippen LogP contribution in [0.25, 0.3) is 0 Å². The zero-order chi connectivity index (χ0) is 11.0. The van der Waals surface area contributed by atoms with E-state index in [-0.39, 0.29) is 0 Å². The number of carboxylic acids is 1. The molecule has 1 aliphatic rings. The highest BCUT2D eigenvalue weighted by molar-refractivity contribution is 7.99. The van der Waals surface area contributed by atoms with Crippen LogP contribution < -0.4 is 0 Å². The lowest BCUT2D eigenvalue weighted by molar-refractivity contribution is 0.0695. The summed E-state index contributed by atoms with van der Waals surface area (Å²) in [5.74, 6) is -0.0630. The highest BCUT2D eigenvalue weighted by atomic mass is 32.2. The minimum Gasteiger partial charge on any atom is -0.478 e. The van der Waals surface area contributed by atoms with Gasteiger partial charge in [0, 0.05) is 10.6 Å². The highest BCUT2D eigenvalue weighted by Crippen LogP contribution is 2.37. The highest BCUT2D eigenvalue weighted by Gasteiger charge is 2.21. The van der Waals surface area contributed by atoms with Gasteiger partial charge in [-0.1, -0.05) is 6.07 Å². The Kier molecular flexibility index (Phi) is 2.71. The van der Waals surface area contributed by atoms with Gasteiger partial charge in [-0.05, 0) is 30.5 Å². The van der Waals surface area contributed by atoms with Crippen molar-refractivity contribution in [2.24, 2.45) is 0 Å². The van der Waals surface area contributed by atoms with Gasteiger partial charge in [0.15, 0.2) is 0 Å². The smallest absolute Gasteiger partial charge is 0.335 e. The van der Waals surface area contributed by atoms with Gasteiger partial charge >= 0.3 is 5.97 Å². The molecule has 2 rings (SSSR count). The second kappa shape index (κ2) is 3.87. The number of aryl methyl sites for hydroxylation is 1. The number of aliphatic hydroxyl groups excluding tert-OH is 1. The Balaban J connectivity index is 2.54. The fourth-order valence-corrected chi connectivity index (χ4v) is 2.89. The Bertz CT molecular complexity index is 415.